The molecule has 3 rings (SSSR count). The fraction of sp³-hybridized carbons (Fsp3) is 0.647. The third kappa shape index (κ3) is 3.10. The zero-order valence-corrected chi connectivity index (χ0v) is 13.1. The smallest absolute Gasteiger partial charge is 0.231 e. The normalized spacial score (nSPS) is 27.9. The minimum atomic E-state index is 0.219. The Labute approximate surface area is 126 Å². The first-order chi connectivity index (χ1) is 10.2. The van der Waals surface area contributed by atoms with Gasteiger partial charge in [-0.15, -0.1) is 0 Å². The summed E-state index contributed by atoms with van der Waals surface area (Å²) < 4.78 is 17.0. The van der Waals surface area contributed by atoms with Crippen molar-refractivity contribution in [1.29, 1.82) is 0 Å². The molecule has 0 aromatic heterocycles. The van der Waals surface area contributed by atoms with Gasteiger partial charge in [-0.25, -0.2) is 0 Å². The Bertz CT molecular complexity index is 489. The molecular formula is C17H25NO3. The molecule has 3 unspecified atom stereocenters. The van der Waals surface area contributed by atoms with Crippen LogP contribution < -0.4 is 19.5 Å². The number of hydrogen-bond acceptors (Lipinski definition) is 4. The second kappa shape index (κ2) is 6.14. The summed E-state index contributed by atoms with van der Waals surface area (Å²) in [7, 11) is 2.02. The first-order valence-electron chi connectivity index (χ1n) is 7.91. The van der Waals surface area contributed by atoms with Crippen LogP contribution in [-0.4, -0.2) is 26.0 Å². The molecule has 1 N–H and O–H groups in total. The molecule has 1 aliphatic carbocycles. The third-order valence-electron chi connectivity index (χ3n) is 4.78. The van der Waals surface area contributed by atoms with Gasteiger partial charge in [0.05, 0.1) is 0 Å². The molecule has 2 aliphatic rings. The van der Waals surface area contributed by atoms with Crippen molar-refractivity contribution in [2.24, 2.45) is 11.8 Å². The van der Waals surface area contributed by atoms with E-state index in [2.05, 4.69) is 19.2 Å². The van der Waals surface area contributed by atoms with Crippen LogP contribution in [0.4, 0.5) is 0 Å². The number of rotatable bonds is 4. The number of hydrogen-bond donors (Lipinski definition) is 1. The van der Waals surface area contributed by atoms with Crippen LogP contribution in [0.25, 0.3) is 0 Å². The molecule has 1 fully saturated rings. The molecule has 0 radical (unpaired) electrons. The Kier molecular flexibility index (Phi) is 4.24. The average Bonchev–Trinajstić information content (AvgIpc) is 2.94. The quantitative estimate of drug-likeness (QED) is 0.924. The number of benzene rings is 1. The largest absolute Gasteiger partial charge is 0.489 e. The summed E-state index contributed by atoms with van der Waals surface area (Å²) in [6.07, 6.45) is 3.78. The van der Waals surface area contributed by atoms with E-state index in [1.165, 1.54) is 12.8 Å². The maximum atomic E-state index is 6.27. The molecule has 1 heterocycles. The summed E-state index contributed by atoms with van der Waals surface area (Å²) in [6, 6.07) is 6.26. The first-order valence-corrected chi connectivity index (χ1v) is 7.91. The van der Waals surface area contributed by atoms with Gasteiger partial charge in [0.2, 0.25) is 6.79 Å². The Morgan fingerprint density at radius 2 is 2.00 bits per heavy atom. The lowest BCUT2D eigenvalue weighted by Crippen LogP contribution is -2.46. The zero-order valence-electron chi connectivity index (χ0n) is 13.1. The van der Waals surface area contributed by atoms with E-state index >= 15 is 0 Å². The van der Waals surface area contributed by atoms with Crippen molar-refractivity contribution in [2.45, 2.75) is 45.3 Å². The van der Waals surface area contributed by atoms with Gasteiger partial charge in [0.15, 0.2) is 11.5 Å². The van der Waals surface area contributed by atoms with Crippen LogP contribution in [0.1, 0.15) is 33.1 Å². The van der Waals surface area contributed by atoms with E-state index in [0.29, 0.717) is 18.8 Å². The first kappa shape index (κ1) is 14.5. The van der Waals surface area contributed by atoms with E-state index in [0.717, 1.165) is 29.6 Å². The zero-order chi connectivity index (χ0) is 14.8. The van der Waals surface area contributed by atoms with Crippen molar-refractivity contribution < 1.29 is 14.2 Å². The molecule has 1 saturated carbocycles. The Morgan fingerprint density at radius 1 is 1.19 bits per heavy atom. The topological polar surface area (TPSA) is 39.7 Å². The van der Waals surface area contributed by atoms with Gasteiger partial charge in [-0.1, -0.05) is 13.8 Å². The highest BCUT2D eigenvalue weighted by Crippen LogP contribution is 2.37. The maximum Gasteiger partial charge on any atom is 0.231 e. The van der Waals surface area contributed by atoms with Crippen molar-refractivity contribution in [3.63, 3.8) is 0 Å². The maximum absolute atomic E-state index is 6.27. The molecule has 0 amide bonds. The van der Waals surface area contributed by atoms with Gasteiger partial charge < -0.3 is 19.5 Å². The minimum absolute atomic E-state index is 0.219. The van der Waals surface area contributed by atoms with Gasteiger partial charge in [0, 0.05) is 12.1 Å². The highest BCUT2D eigenvalue weighted by molar-refractivity contribution is 5.46. The molecular weight excluding hydrogens is 266 g/mol. The van der Waals surface area contributed by atoms with Crippen LogP contribution in [0.5, 0.6) is 17.2 Å². The molecule has 1 aliphatic heterocycles. The summed E-state index contributed by atoms with van der Waals surface area (Å²) in [5.41, 5.74) is 0. The molecule has 4 heteroatoms. The molecule has 0 saturated heterocycles. The second-order valence-corrected chi connectivity index (χ2v) is 6.38. The summed E-state index contributed by atoms with van der Waals surface area (Å²) in [4.78, 5) is 0. The van der Waals surface area contributed by atoms with Gasteiger partial charge in [0.25, 0.3) is 0 Å². The molecule has 21 heavy (non-hydrogen) atoms. The highest BCUT2D eigenvalue weighted by atomic mass is 16.7. The number of ether oxygens (including phenoxy) is 3. The molecule has 1 aromatic rings. The van der Waals surface area contributed by atoms with E-state index in [-0.39, 0.29) is 6.10 Å². The van der Waals surface area contributed by atoms with Crippen molar-refractivity contribution in [1.82, 2.24) is 5.32 Å². The Morgan fingerprint density at radius 3 is 2.76 bits per heavy atom. The van der Waals surface area contributed by atoms with Crippen molar-refractivity contribution in [3.05, 3.63) is 18.2 Å². The monoisotopic (exact) mass is 291 g/mol. The summed E-state index contributed by atoms with van der Waals surface area (Å²) in [5.74, 6) is 3.91. The summed E-state index contributed by atoms with van der Waals surface area (Å²) >= 11 is 0. The molecule has 4 nitrogen and oxygen atoms in total. The second-order valence-electron chi connectivity index (χ2n) is 6.38. The predicted molar refractivity (Wildman–Crippen MR) is 82.0 cm³/mol. The highest BCUT2D eigenvalue weighted by Gasteiger charge is 2.32. The van der Waals surface area contributed by atoms with Crippen molar-refractivity contribution in [3.8, 4) is 17.2 Å². The predicted octanol–water partition coefficient (Wildman–Crippen LogP) is 3.21. The van der Waals surface area contributed by atoms with Gasteiger partial charge >= 0.3 is 0 Å². The van der Waals surface area contributed by atoms with Crippen molar-refractivity contribution in [2.75, 3.05) is 13.8 Å². The van der Waals surface area contributed by atoms with Crippen molar-refractivity contribution >= 4 is 0 Å². The van der Waals surface area contributed by atoms with Crippen LogP contribution in [0, 0.1) is 11.8 Å². The molecule has 0 bridgehead atoms. The fourth-order valence-electron chi connectivity index (χ4n) is 3.35. The molecule has 116 valence electrons. The number of nitrogens with one attached hydrogen (secondary N) is 1. The summed E-state index contributed by atoms with van der Waals surface area (Å²) in [6.45, 7) is 4.92. The molecule has 3 atom stereocenters. The van der Waals surface area contributed by atoms with Gasteiger partial charge in [-0.3, -0.25) is 0 Å². The van der Waals surface area contributed by atoms with E-state index in [1.807, 2.05) is 25.2 Å². The number of likely N-dealkylation sites (N-methyl/N-ethyl adjacent to an activating group) is 1. The third-order valence-corrected chi connectivity index (χ3v) is 4.78. The fourth-order valence-corrected chi connectivity index (χ4v) is 3.35. The lowest BCUT2D eigenvalue weighted by Gasteiger charge is -2.37. The van der Waals surface area contributed by atoms with Crippen LogP contribution in [0.3, 0.4) is 0 Å². The van der Waals surface area contributed by atoms with Crippen LogP contribution >= 0.6 is 0 Å². The SMILES string of the molecule is CNC1CCC(C(C)C)CC1Oc1ccc2c(c1)OCO2. The standard InChI is InChI=1S/C17H25NO3/c1-11(2)12-4-6-14(18-3)16(8-12)21-13-5-7-15-17(9-13)20-10-19-15/h5,7,9,11-12,14,16,18H,4,6,8,10H2,1-3H3. The molecule has 0 spiro atoms. The Balaban J connectivity index is 1.71. The molecule has 1 aromatic carbocycles. The lowest BCUT2D eigenvalue weighted by atomic mass is 9.78. The van der Waals surface area contributed by atoms with E-state index in [9.17, 15) is 0 Å². The average molecular weight is 291 g/mol. The van der Waals surface area contributed by atoms with Gasteiger partial charge in [-0.2, -0.15) is 0 Å². The van der Waals surface area contributed by atoms with E-state index in [4.69, 9.17) is 14.2 Å². The van der Waals surface area contributed by atoms with Crippen LogP contribution in [-0.2, 0) is 0 Å². The van der Waals surface area contributed by atoms with Crippen LogP contribution in [0.15, 0.2) is 18.2 Å². The lowest BCUT2D eigenvalue weighted by molar-refractivity contribution is 0.0748. The minimum Gasteiger partial charge on any atom is -0.489 e. The van der Waals surface area contributed by atoms with Gasteiger partial charge in [0.1, 0.15) is 11.9 Å². The number of fused-ring (bicyclic) bond motifs is 1. The summed E-state index contributed by atoms with van der Waals surface area (Å²) in [5, 5.41) is 3.41. The van der Waals surface area contributed by atoms with Gasteiger partial charge in [-0.05, 0) is 50.3 Å². The van der Waals surface area contributed by atoms with E-state index in [1.54, 1.807) is 0 Å². The van der Waals surface area contributed by atoms with E-state index < -0.39 is 0 Å². The Hall–Kier alpha value is -1.42. The van der Waals surface area contributed by atoms with Crippen LogP contribution in [0.2, 0.25) is 0 Å².